The van der Waals surface area contributed by atoms with Gasteiger partial charge in [-0.05, 0) is 29.8 Å². The van der Waals surface area contributed by atoms with Gasteiger partial charge in [0.15, 0.2) is 0 Å². The minimum atomic E-state index is -0.773. The van der Waals surface area contributed by atoms with Crippen molar-refractivity contribution in [2.24, 2.45) is 0 Å². The second-order valence-electron chi connectivity index (χ2n) is 6.24. The monoisotopic (exact) mass is 325 g/mol. The molecule has 24 heavy (non-hydrogen) atoms. The fourth-order valence-corrected chi connectivity index (χ4v) is 3.32. The van der Waals surface area contributed by atoms with E-state index in [1.807, 2.05) is 11.9 Å². The van der Waals surface area contributed by atoms with E-state index >= 15 is 0 Å². The van der Waals surface area contributed by atoms with Gasteiger partial charge in [0.05, 0.1) is 17.8 Å². The first-order valence-electron chi connectivity index (χ1n) is 8.06. The summed E-state index contributed by atoms with van der Waals surface area (Å²) in [7, 11) is 6.14. The van der Waals surface area contributed by atoms with E-state index in [4.69, 9.17) is 5.11 Å². The highest BCUT2D eigenvalue weighted by Crippen LogP contribution is 2.44. The highest BCUT2D eigenvalue weighted by atomic mass is 16.4. The van der Waals surface area contributed by atoms with E-state index in [2.05, 4.69) is 72.4 Å². The molecule has 1 aliphatic rings. The van der Waals surface area contributed by atoms with E-state index in [0.29, 0.717) is 6.54 Å². The van der Waals surface area contributed by atoms with Crippen LogP contribution < -0.4 is 14.7 Å². The van der Waals surface area contributed by atoms with Crippen molar-refractivity contribution in [2.45, 2.75) is 12.6 Å². The van der Waals surface area contributed by atoms with Gasteiger partial charge in [-0.2, -0.15) is 0 Å². The quantitative estimate of drug-likeness (QED) is 0.915. The first kappa shape index (κ1) is 16.2. The Morgan fingerprint density at radius 3 is 2.08 bits per heavy atom. The van der Waals surface area contributed by atoms with Crippen LogP contribution in [0.5, 0.6) is 0 Å². The summed E-state index contributed by atoms with van der Waals surface area (Å²) in [5.74, 6) is -0.773. The van der Waals surface area contributed by atoms with Crippen molar-refractivity contribution in [3.8, 4) is 0 Å². The maximum atomic E-state index is 10.7. The third-order valence-corrected chi connectivity index (χ3v) is 4.67. The Bertz CT molecular complexity index is 701. The number of carboxylic acids is 1. The van der Waals surface area contributed by atoms with Crippen molar-refractivity contribution < 1.29 is 9.90 Å². The van der Waals surface area contributed by atoms with Crippen molar-refractivity contribution in [3.05, 3.63) is 54.1 Å². The fraction of sp³-hybridized carbons (Fsp3) is 0.316. The zero-order valence-corrected chi connectivity index (χ0v) is 14.3. The van der Waals surface area contributed by atoms with E-state index in [-0.39, 0.29) is 12.6 Å². The van der Waals surface area contributed by atoms with Crippen LogP contribution in [0.1, 0.15) is 18.2 Å². The Hall–Kier alpha value is -2.69. The molecule has 1 aliphatic heterocycles. The minimum absolute atomic E-state index is 0.141. The van der Waals surface area contributed by atoms with Gasteiger partial charge in [-0.3, -0.25) is 4.79 Å². The largest absolute Gasteiger partial charge is 0.481 e. The molecule has 0 unspecified atom stereocenters. The summed E-state index contributed by atoms with van der Waals surface area (Å²) in [6.45, 7) is 0.503. The van der Waals surface area contributed by atoms with Gasteiger partial charge in [0.1, 0.15) is 6.17 Å². The summed E-state index contributed by atoms with van der Waals surface area (Å²) in [5, 5.41) is 8.80. The number of benzene rings is 2. The summed E-state index contributed by atoms with van der Waals surface area (Å²) < 4.78 is 0. The van der Waals surface area contributed by atoms with Crippen molar-refractivity contribution in [3.63, 3.8) is 0 Å². The van der Waals surface area contributed by atoms with Gasteiger partial charge in [0.2, 0.25) is 0 Å². The summed E-state index contributed by atoms with van der Waals surface area (Å²) in [5.41, 5.74) is 4.70. The normalized spacial score (nSPS) is 14.0. The molecule has 0 fully saturated rings. The van der Waals surface area contributed by atoms with Crippen LogP contribution in [0.25, 0.3) is 0 Å². The average molecular weight is 325 g/mol. The van der Waals surface area contributed by atoms with Gasteiger partial charge in [0, 0.05) is 33.4 Å². The van der Waals surface area contributed by atoms with Crippen LogP contribution in [0, 0.1) is 0 Å². The standard InChI is InChI=1S/C19H23N3O2/c1-20(13-12-18(23)24)15-10-8-14(9-11-15)19-21(2)16-6-4-5-7-17(16)22(19)3/h4-11,19H,12-13H2,1-3H3,(H,23,24). The number of hydrogen-bond acceptors (Lipinski definition) is 4. The Balaban J connectivity index is 1.78. The number of aliphatic carboxylic acids is 1. The topological polar surface area (TPSA) is 47.0 Å². The highest BCUT2D eigenvalue weighted by Gasteiger charge is 2.31. The van der Waals surface area contributed by atoms with Crippen molar-refractivity contribution in [1.29, 1.82) is 0 Å². The predicted octanol–water partition coefficient (Wildman–Crippen LogP) is 3.18. The molecule has 0 bridgehead atoms. The molecule has 1 N–H and O–H groups in total. The molecule has 3 rings (SSSR count). The number of rotatable bonds is 5. The summed E-state index contributed by atoms with van der Waals surface area (Å²) >= 11 is 0. The lowest BCUT2D eigenvalue weighted by molar-refractivity contribution is -0.136. The molecule has 0 amide bonds. The van der Waals surface area contributed by atoms with Crippen molar-refractivity contribution in [2.75, 3.05) is 42.4 Å². The van der Waals surface area contributed by atoms with Gasteiger partial charge in [-0.15, -0.1) is 0 Å². The molecule has 0 aliphatic carbocycles. The average Bonchev–Trinajstić information content (AvgIpc) is 2.84. The summed E-state index contributed by atoms with van der Waals surface area (Å²) in [6.07, 6.45) is 0.308. The van der Waals surface area contributed by atoms with Crippen LogP contribution in [-0.4, -0.2) is 38.8 Å². The second-order valence-corrected chi connectivity index (χ2v) is 6.24. The first-order valence-corrected chi connectivity index (χ1v) is 8.06. The fourth-order valence-electron chi connectivity index (χ4n) is 3.32. The summed E-state index contributed by atoms with van der Waals surface area (Å²) in [6, 6.07) is 16.8. The lowest BCUT2D eigenvalue weighted by Crippen LogP contribution is -2.30. The van der Waals surface area contributed by atoms with Crippen LogP contribution in [0.2, 0.25) is 0 Å². The van der Waals surface area contributed by atoms with E-state index in [0.717, 1.165) is 5.69 Å². The maximum Gasteiger partial charge on any atom is 0.305 e. The molecule has 2 aromatic carbocycles. The number of carbonyl (C=O) groups is 1. The number of fused-ring (bicyclic) bond motifs is 1. The maximum absolute atomic E-state index is 10.7. The molecule has 0 saturated carbocycles. The van der Waals surface area contributed by atoms with E-state index in [1.54, 1.807) is 0 Å². The Morgan fingerprint density at radius 2 is 1.58 bits per heavy atom. The predicted molar refractivity (Wildman–Crippen MR) is 98.0 cm³/mol. The van der Waals surface area contributed by atoms with Crippen LogP contribution in [-0.2, 0) is 4.79 Å². The summed E-state index contributed by atoms with van der Waals surface area (Å²) in [4.78, 5) is 17.2. The molecular formula is C19H23N3O2. The number of carboxylic acid groups (broad SMARTS) is 1. The molecule has 0 saturated heterocycles. The molecular weight excluding hydrogens is 302 g/mol. The Morgan fingerprint density at radius 1 is 1.04 bits per heavy atom. The van der Waals surface area contributed by atoms with Crippen molar-refractivity contribution in [1.82, 2.24) is 0 Å². The molecule has 5 heteroatoms. The van der Waals surface area contributed by atoms with Crippen LogP contribution >= 0.6 is 0 Å². The zero-order chi connectivity index (χ0) is 17.3. The number of anilines is 3. The van der Waals surface area contributed by atoms with Gasteiger partial charge >= 0.3 is 5.97 Å². The molecule has 0 aromatic heterocycles. The molecule has 0 spiro atoms. The molecule has 126 valence electrons. The van der Waals surface area contributed by atoms with E-state index < -0.39 is 5.97 Å². The van der Waals surface area contributed by atoms with Gasteiger partial charge in [-0.25, -0.2) is 0 Å². The van der Waals surface area contributed by atoms with Crippen molar-refractivity contribution >= 4 is 23.0 Å². The molecule has 2 aromatic rings. The first-order chi connectivity index (χ1) is 11.5. The SMILES string of the molecule is CN(CCC(=O)O)c1ccc(C2N(C)c3ccccc3N2C)cc1. The van der Waals surface area contributed by atoms with Gasteiger partial charge in [0.25, 0.3) is 0 Å². The number of nitrogens with zero attached hydrogens (tertiary/aromatic N) is 3. The Labute approximate surface area is 142 Å². The number of para-hydroxylation sites is 2. The van der Waals surface area contributed by atoms with E-state index in [1.165, 1.54) is 16.9 Å². The molecule has 1 heterocycles. The second kappa shape index (κ2) is 6.43. The minimum Gasteiger partial charge on any atom is -0.481 e. The lowest BCUT2D eigenvalue weighted by atomic mass is 10.1. The molecule has 0 radical (unpaired) electrons. The van der Waals surface area contributed by atoms with E-state index in [9.17, 15) is 4.79 Å². The molecule has 5 nitrogen and oxygen atoms in total. The number of hydrogen-bond donors (Lipinski definition) is 1. The molecule has 0 atom stereocenters. The zero-order valence-electron chi connectivity index (χ0n) is 14.3. The lowest BCUT2D eigenvalue weighted by Gasteiger charge is -2.29. The van der Waals surface area contributed by atoms with Crippen LogP contribution in [0.3, 0.4) is 0 Å². The third kappa shape index (κ3) is 2.89. The smallest absolute Gasteiger partial charge is 0.305 e. The highest BCUT2D eigenvalue weighted by molar-refractivity contribution is 5.77. The van der Waals surface area contributed by atoms with Crippen LogP contribution in [0.4, 0.5) is 17.1 Å². The third-order valence-electron chi connectivity index (χ3n) is 4.67. The van der Waals surface area contributed by atoms with Crippen LogP contribution in [0.15, 0.2) is 48.5 Å². The Kier molecular flexibility index (Phi) is 4.34. The van der Waals surface area contributed by atoms with Gasteiger partial charge < -0.3 is 19.8 Å². The van der Waals surface area contributed by atoms with Gasteiger partial charge in [-0.1, -0.05) is 24.3 Å².